The summed E-state index contributed by atoms with van der Waals surface area (Å²) in [6.45, 7) is 0. The number of hydrogen-bond donors (Lipinski definition) is 0. The van der Waals surface area contributed by atoms with E-state index in [0.717, 1.165) is 11.4 Å². The van der Waals surface area contributed by atoms with Gasteiger partial charge in [0.2, 0.25) is 0 Å². The highest BCUT2D eigenvalue weighted by atomic mass is 35.5. The first kappa shape index (κ1) is 8.83. The fourth-order valence-electron chi connectivity index (χ4n) is 1.76. The molecule has 0 aliphatic heterocycles. The molecule has 0 radical (unpaired) electrons. The molecular formula is C12H13Cl. The lowest BCUT2D eigenvalue weighted by Gasteiger charge is -2.01. The van der Waals surface area contributed by atoms with Crippen LogP contribution in [0.4, 0.5) is 0 Å². The van der Waals surface area contributed by atoms with Crippen LogP contribution < -0.4 is 0 Å². The van der Waals surface area contributed by atoms with E-state index in [4.69, 9.17) is 11.6 Å². The molecule has 1 aliphatic carbocycles. The zero-order valence-corrected chi connectivity index (χ0v) is 8.35. The third-order valence-electron chi connectivity index (χ3n) is 2.48. The first-order valence-corrected chi connectivity index (χ1v) is 5.15. The Bertz CT molecular complexity index is 308. The lowest BCUT2D eigenvalue weighted by atomic mass is 10.1. The molecular weight excluding hydrogens is 180 g/mol. The van der Waals surface area contributed by atoms with Gasteiger partial charge >= 0.3 is 0 Å². The Hall–Kier alpha value is -0.750. The van der Waals surface area contributed by atoms with Crippen molar-refractivity contribution in [2.24, 2.45) is 0 Å². The number of allylic oxidation sites excluding steroid dienone is 2. The number of hydrogen-bond acceptors (Lipinski definition) is 0. The van der Waals surface area contributed by atoms with Crippen LogP contribution in [0, 0.1) is 0 Å². The Morgan fingerprint density at radius 1 is 1.15 bits per heavy atom. The van der Waals surface area contributed by atoms with E-state index in [1.54, 1.807) is 5.57 Å². The van der Waals surface area contributed by atoms with Gasteiger partial charge in [0, 0.05) is 5.02 Å². The Morgan fingerprint density at radius 3 is 2.54 bits per heavy atom. The summed E-state index contributed by atoms with van der Waals surface area (Å²) in [5.74, 6) is 0. The zero-order valence-electron chi connectivity index (χ0n) is 7.59. The molecule has 0 saturated heterocycles. The SMILES string of the molecule is Clc1ccc(CC2=CCCC2)cc1. The summed E-state index contributed by atoms with van der Waals surface area (Å²) in [6, 6.07) is 8.15. The van der Waals surface area contributed by atoms with Crippen LogP contribution in [0.15, 0.2) is 35.9 Å². The van der Waals surface area contributed by atoms with Crippen molar-refractivity contribution in [1.29, 1.82) is 0 Å². The van der Waals surface area contributed by atoms with Gasteiger partial charge < -0.3 is 0 Å². The summed E-state index contributed by atoms with van der Waals surface area (Å²) in [6.07, 6.45) is 7.36. The van der Waals surface area contributed by atoms with Crippen molar-refractivity contribution < 1.29 is 0 Å². The largest absolute Gasteiger partial charge is 0.0850 e. The minimum Gasteiger partial charge on any atom is -0.0850 e. The maximum Gasteiger partial charge on any atom is 0.0406 e. The fourth-order valence-corrected chi connectivity index (χ4v) is 1.89. The van der Waals surface area contributed by atoms with Crippen molar-refractivity contribution in [2.45, 2.75) is 25.7 Å². The fraction of sp³-hybridized carbons (Fsp3) is 0.333. The van der Waals surface area contributed by atoms with E-state index in [0.29, 0.717) is 0 Å². The second-order valence-electron chi connectivity index (χ2n) is 3.56. The quantitative estimate of drug-likeness (QED) is 0.622. The molecule has 0 unspecified atom stereocenters. The van der Waals surface area contributed by atoms with Gasteiger partial charge in [-0.25, -0.2) is 0 Å². The van der Waals surface area contributed by atoms with E-state index >= 15 is 0 Å². The minimum atomic E-state index is 0.823. The molecule has 1 aliphatic rings. The molecule has 0 aromatic heterocycles. The maximum absolute atomic E-state index is 5.81. The van der Waals surface area contributed by atoms with Gasteiger partial charge in [-0.2, -0.15) is 0 Å². The molecule has 1 aromatic carbocycles. The number of benzene rings is 1. The molecule has 0 fully saturated rings. The molecule has 0 amide bonds. The summed E-state index contributed by atoms with van der Waals surface area (Å²) in [7, 11) is 0. The number of halogens is 1. The van der Waals surface area contributed by atoms with Crippen molar-refractivity contribution in [1.82, 2.24) is 0 Å². The van der Waals surface area contributed by atoms with Crippen LogP contribution in [0.2, 0.25) is 5.02 Å². The van der Waals surface area contributed by atoms with E-state index in [1.165, 1.54) is 24.8 Å². The van der Waals surface area contributed by atoms with E-state index < -0.39 is 0 Å². The number of rotatable bonds is 2. The molecule has 0 spiro atoms. The standard InChI is InChI=1S/C12H13Cl/c13-12-7-5-11(6-8-12)9-10-3-1-2-4-10/h3,5-8H,1-2,4,9H2. The van der Waals surface area contributed by atoms with Gasteiger partial charge in [-0.05, 0) is 43.4 Å². The molecule has 0 bridgehead atoms. The van der Waals surface area contributed by atoms with Crippen LogP contribution in [-0.2, 0) is 6.42 Å². The molecule has 13 heavy (non-hydrogen) atoms. The summed E-state index contributed by atoms with van der Waals surface area (Å²) >= 11 is 5.81. The van der Waals surface area contributed by atoms with E-state index in [1.807, 2.05) is 12.1 Å². The van der Waals surface area contributed by atoms with Gasteiger partial charge in [0.1, 0.15) is 0 Å². The second-order valence-corrected chi connectivity index (χ2v) is 3.99. The van der Waals surface area contributed by atoms with Gasteiger partial charge in [-0.15, -0.1) is 0 Å². The van der Waals surface area contributed by atoms with E-state index in [-0.39, 0.29) is 0 Å². The van der Waals surface area contributed by atoms with E-state index in [2.05, 4.69) is 18.2 Å². The summed E-state index contributed by atoms with van der Waals surface area (Å²) < 4.78 is 0. The Kier molecular flexibility index (Phi) is 2.70. The van der Waals surface area contributed by atoms with Crippen molar-refractivity contribution in [3.8, 4) is 0 Å². The first-order chi connectivity index (χ1) is 6.34. The average molecular weight is 193 g/mol. The van der Waals surface area contributed by atoms with Gasteiger partial charge in [0.15, 0.2) is 0 Å². The summed E-state index contributed by atoms with van der Waals surface area (Å²) in [5, 5.41) is 0.823. The van der Waals surface area contributed by atoms with Crippen molar-refractivity contribution in [3.63, 3.8) is 0 Å². The summed E-state index contributed by atoms with van der Waals surface area (Å²) in [5.41, 5.74) is 2.96. The Labute approximate surface area is 84.2 Å². The normalized spacial score (nSPS) is 15.9. The van der Waals surface area contributed by atoms with Crippen LogP contribution in [-0.4, -0.2) is 0 Å². The third kappa shape index (κ3) is 2.35. The van der Waals surface area contributed by atoms with Crippen molar-refractivity contribution in [3.05, 3.63) is 46.5 Å². The molecule has 0 saturated carbocycles. The van der Waals surface area contributed by atoms with Crippen molar-refractivity contribution in [2.75, 3.05) is 0 Å². The van der Waals surface area contributed by atoms with E-state index in [9.17, 15) is 0 Å². The predicted octanol–water partition coefficient (Wildman–Crippen LogP) is 3.99. The van der Waals surface area contributed by atoms with Crippen LogP contribution in [0.1, 0.15) is 24.8 Å². The highest BCUT2D eigenvalue weighted by Crippen LogP contribution is 2.22. The Morgan fingerprint density at radius 2 is 1.92 bits per heavy atom. The zero-order chi connectivity index (χ0) is 9.10. The third-order valence-corrected chi connectivity index (χ3v) is 2.73. The van der Waals surface area contributed by atoms with Gasteiger partial charge in [0.25, 0.3) is 0 Å². The smallest absolute Gasteiger partial charge is 0.0406 e. The summed E-state index contributed by atoms with van der Waals surface area (Å²) in [4.78, 5) is 0. The molecule has 1 aromatic rings. The molecule has 68 valence electrons. The lowest BCUT2D eigenvalue weighted by molar-refractivity contribution is 0.887. The van der Waals surface area contributed by atoms with Crippen LogP contribution in [0.25, 0.3) is 0 Å². The Balaban J connectivity index is 2.05. The van der Waals surface area contributed by atoms with Crippen LogP contribution in [0.5, 0.6) is 0 Å². The first-order valence-electron chi connectivity index (χ1n) is 4.77. The van der Waals surface area contributed by atoms with Gasteiger partial charge in [-0.1, -0.05) is 35.4 Å². The van der Waals surface area contributed by atoms with Crippen molar-refractivity contribution >= 4 is 11.6 Å². The second kappa shape index (κ2) is 3.97. The monoisotopic (exact) mass is 192 g/mol. The topological polar surface area (TPSA) is 0 Å². The average Bonchev–Trinajstić information content (AvgIpc) is 2.62. The van der Waals surface area contributed by atoms with Gasteiger partial charge in [-0.3, -0.25) is 0 Å². The van der Waals surface area contributed by atoms with Crippen LogP contribution >= 0.6 is 11.6 Å². The van der Waals surface area contributed by atoms with Gasteiger partial charge in [0.05, 0.1) is 0 Å². The highest BCUT2D eigenvalue weighted by Gasteiger charge is 2.04. The molecule has 0 atom stereocenters. The molecule has 0 N–H and O–H groups in total. The molecule has 1 heteroatoms. The highest BCUT2D eigenvalue weighted by molar-refractivity contribution is 6.30. The molecule has 0 heterocycles. The van der Waals surface area contributed by atoms with Crippen LogP contribution in [0.3, 0.4) is 0 Å². The predicted molar refractivity (Wildman–Crippen MR) is 57.1 cm³/mol. The maximum atomic E-state index is 5.81. The lowest BCUT2D eigenvalue weighted by Crippen LogP contribution is -1.86. The minimum absolute atomic E-state index is 0.823. The molecule has 0 nitrogen and oxygen atoms in total. The molecule has 2 rings (SSSR count).